The van der Waals surface area contributed by atoms with Gasteiger partial charge in [-0.1, -0.05) is 49.7 Å². The lowest BCUT2D eigenvalue weighted by Gasteiger charge is -2.54. The minimum absolute atomic E-state index is 0.238. The molecule has 2 nitrogen and oxygen atoms in total. The monoisotopic (exact) mass is 352 g/mol. The van der Waals surface area contributed by atoms with Crippen LogP contribution in [0.4, 0.5) is 0 Å². The van der Waals surface area contributed by atoms with Gasteiger partial charge in [-0.05, 0) is 42.2 Å². The highest BCUT2D eigenvalue weighted by Gasteiger charge is 2.51. The van der Waals surface area contributed by atoms with Crippen molar-refractivity contribution < 1.29 is 9.84 Å². The Morgan fingerprint density at radius 2 is 1.71 bits per heavy atom. The topological polar surface area (TPSA) is 29.5 Å². The molecule has 0 saturated heterocycles. The van der Waals surface area contributed by atoms with Gasteiger partial charge in [0.15, 0.2) is 0 Å². The fourth-order valence-electron chi connectivity index (χ4n) is 5.05. The molecular formula is C18H25BrO2. The van der Waals surface area contributed by atoms with Crippen molar-refractivity contribution in [2.45, 2.75) is 65.1 Å². The highest BCUT2D eigenvalue weighted by Crippen LogP contribution is 2.56. The Hall–Kier alpha value is -0.540. The molecule has 116 valence electrons. The van der Waals surface area contributed by atoms with E-state index in [4.69, 9.17) is 4.74 Å². The molecule has 1 aromatic rings. The Balaban J connectivity index is 2.00. The van der Waals surface area contributed by atoms with Crippen molar-refractivity contribution >= 4 is 15.9 Å². The zero-order valence-corrected chi connectivity index (χ0v) is 15.0. The average molecular weight is 353 g/mol. The molecular weight excluding hydrogens is 328 g/mol. The number of ether oxygens (including phenoxy) is 1. The Morgan fingerprint density at radius 1 is 1.10 bits per heavy atom. The summed E-state index contributed by atoms with van der Waals surface area (Å²) in [5, 5.41) is 10.6. The first-order valence-corrected chi connectivity index (χ1v) is 8.56. The quantitative estimate of drug-likeness (QED) is 0.691. The van der Waals surface area contributed by atoms with Gasteiger partial charge in [0.1, 0.15) is 11.4 Å². The molecule has 1 saturated carbocycles. The lowest BCUT2D eigenvalue weighted by Crippen LogP contribution is -2.52. The van der Waals surface area contributed by atoms with Crippen molar-refractivity contribution in [3.8, 4) is 5.75 Å². The lowest BCUT2D eigenvalue weighted by molar-refractivity contribution is -0.104. The van der Waals surface area contributed by atoms with E-state index in [1.54, 1.807) is 0 Å². The summed E-state index contributed by atoms with van der Waals surface area (Å²) in [6.45, 7) is 9.29. The van der Waals surface area contributed by atoms with Crippen LogP contribution in [-0.2, 0) is 0 Å². The van der Waals surface area contributed by atoms with Crippen molar-refractivity contribution in [2.75, 3.05) is 0 Å². The van der Waals surface area contributed by atoms with Gasteiger partial charge < -0.3 is 9.84 Å². The maximum absolute atomic E-state index is 10.6. The average Bonchev–Trinajstić information content (AvgIpc) is 2.22. The van der Waals surface area contributed by atoms with Crippen LogP contribution in [0.25, 0.3) is 0 Å². The van der Waals surface area contributed by atoms with Crippen molar-refractivity contribution in [2.24, 2.45) is 10.8 Å². The second-order valence-corrected chi connectivity index (χ2v) is 9.46. The van der Waals surface area contributed by atoms with Crippen LogP contribution in [0.15, 0.2) is 22.7 Å². The number of aliphatic hydroxyl groups is 1. The fraction of sp³-hybridized carbons (Fsp3) is 0.667. The van der Waals surface area contributed by atoms with Crippen molar-refractivity contribution in [3.05, 3.63) is 28.2 Å². The van der Waals surface area contributed by atoms with Crippen LogP contribution in [0.1, 0.15) is 65.0 Å². The van der Waals surface area contributed by atoms with Crippen LogP contribution >= 0.6 is 15.9 Å². The van der Waals surface area contributed by atoms with E-state index in [0.29, 0.717) is 6.42 Å². The Kier molecular flexibility index (Phi) is 3.46. The molecule has 3 rings (SSSR count). The van der Waals surface area contributed by atoms with E-state index in [0.717, 1.165) is 28.6 Å². The summed E-state index contributed by atoms with van der Waals surface area (Å²) in [6, 6.07) is 5.93. The minimum atomic E-state index is -0.424. The number of fused-ring (bicyclic) bond motifs is 1. The molecule has 1 aromatic carbocycles. The van der Waals surface area contributed by atoms with Gasteiger partial charge in [-0.3, -0.25) is 0 Å². The summed E-state index contributed by atoms with van der Waals surface area (Å²) in [5.74, 6) is 0.844. The number of benzene rings is 1. The Labute approximate surface area is 136 Å². The predicted octanol–water partition coefficient (Wildman–Crippen LogP) is 5.24. The molecule has 1 fully saturated rings. The van der Waals surface area contributed by atoms with Gasteiger partial charge in [-0.2, -0.15) is 0 Å². The third-order valence-corrected chi connectivity index (χ3v) is 5.28. The molecule has 3 heteroatoms. The molecule has 21 heavy (non-hydrogen) atoms. The second kappa shape index (κ2) is 4.73. The third kappa shape index (κ3) is 3.00. The molecule has 0 amide bonds. The van der Waals surface area contributed by atoms with Gasteiger partial charge in [-0.25, -0.2) is 0 Å². The summed E-state index contributed by atoms with van der Waals surface area (Å²) < 4.78 is 7.49. The summed E-state index contributed by atoms with van der Waals surface area (Å²) in [5.41, 5.74) is 1.17. The first-order chi connectivity index (χ1) is 9.60. The Morgan fingerprint density at radius 3 is 2.33 bits per heavy atom. The fourth-order valence-corrected chi connectivity index (χ4v) is 5.39. The Bertz CT molecular complexity index is 546. The van der Waals surface area contributed by atoms with E-state index in [1.165, 1.54) is 6.42 Å². The number of halogens is 1. The predicted molar refractivity (Wildman–Crippen MR) is 88.5 cm³/mol. The van der Waals surface area contributed by atoms with Crippen LogP contribution in [0.2, 0.25) is 0 Å². The van der Waals surface area contributed by atoms with Crippen LogP contribution < -0.4 is 4.74 Å². The largest absolute Gasteiger partial charge is 0.487 e. The van der Waals surface area contributed by atoms with Gasteiger partial charge in [-0.15, -0.1) is 0 Å². The first-order valence-electron chi connectivity index (χ1n) is 7.77. The van der Waals surface area contributed by atoms with E-state index in [9.17, 15) is 5.11 Å². The minimum Gasteiger partial charge on any atom is -0.487 e. The van der Waals surface area contributed by atoms with Crippen LogP contribution in [0.3, 0.4) is 0 Å². The van der Waals surface area contributed by atoms with E-state index >= 15 is 0 Å². The number of hydrogen-bond donors (Lipinski definition) is 1. The highest BCUT2D eigenvalue weighted by atomic mass is 79.9. The third-order valence-electron chi connectivity index (χ3n) is 4.78. The van der Waals surface area contributed by atoms with E-state index < -0.39 is 6.10 Å². The van der Waals surface area contributed by atoms with Crippen molar-refractivity contribution in [1.82, 2.24) is 0 Å². The SMILES string of the molecule is CC1(C)CC(C)(C)CC2(C[C@H](O)c3ccc(Br)cc3O2)C1. The smallest absolute Gasteiger partial charge is 0.127 e. The van der Waals surface area contributed by atoms with Crippen LogP contribution in [0.5, 0.6) is 5.75 Å². The van der Waals surface area contributed by atoms with E-state index in [-0.39, 0.29) is 16.4 Å². The zero-order chi connectivity index (χ0) is 15.5. The summed E-state index contributed by atoms with van der Waals surface area (Å²) >= 11 is 3.51. The van der Waals surface area contributed by atoms with Gasteiger partial charge in [0.25, 0.3) is 0 Å². The molecule has 1 heterocycles. The van der Waals surface area contributed by atoms with Crippen molar-refractivity contribution in [3.63, 3.8) is 0 Å². The molecule has 1 spiro atoms. The molecule has 1 atom stereocenters. The van der Waals surface area contributed by atoms with Gasteiger partial charge in [0.05, 0.1) is 6.10 Å². The molecule has 0 bridgehead atoms. The molecule has 1 aliphatic carbocycles. The summed E-state index contributed by atoms with van der Waals surface area (Å²) in [4.78, 5) is 0. The number of aliphatic hydroxyl groups excluding tert-OH is 1. The van der Waals surface area contributed by atoms with Crippen molar-refractivity contribution in [1.29, 1.82) is 0 Å². The van der Waals surface area contributed by atoms with Crippen LogP contribution in [-0.4, -0.2) is 10.7 Å². The molecule has 0 aromatic heterocycles. The van der Waals surface area contributed by atoms with Gasteiger partial charge in [0.2, 0.25) is 0 Å². The summed E-state index contributed by atoms with van der Waals surface area (Å²) in [7, 11) is 0. The standard InChI is InChI=1S/C18H25BrO2/c1-16(2)9-17(3,4)11-18(10-16)8-14(20)13-6-5-12(19)7-15(13)21-18/h5-7,14,20H,8-11H2,1-4H3/t14-/m0/s1. The number of rotatable bonds is 0. The highest BCUT2D eigenvalue weighted by molar-refractivity contribution is 9.10. The van der Waals surface area contributed by atoms with E-state index in [1.807, 2.05) is 18.2 Å². The zero-order valence-electron chi connectivity index (χ0n) is 13.4. The van der Waals surface area contributed by atoms with Crippen LogP contribution in [0, 0.1) is 10.8 Å². The number of hydrogen-bond acceptors (Lipinski definition) is 2. The first kappa shape index (κ1) is 15.4. The second-order valence-electron chi connectivity index (χ2n) is 8.55. The van der Waals surface area contributed by atoms with E-state index in [2.05, 4.69) is 43.6 Å². The molecule has 1 N–H and O–H groups in total. The maximum atomic E-state index is 10.6. The van der Waals surface area contributed by atoms with Gasteiger partial charge >= 0.3 is 0 Å². The molecule has 1 aliphatic heterocycles. The molecule has 0 unspecified atom stereocenters. The maximum Gasteiger partial charge on any atom is 0.127 e. The molecule has 2 aliphatic rings. The molecule has 0 radical (unpaired) electrons. The normalized spacial score (nSPS) is 28.8. The summed E-state index contributed by atoms with van der Waals surface area (Å²) in [6.07, 6.45) is 3.49. The lowest BCUT2D eigenvalue weighted by atomic mass is 9.58. The van der Waals surface area contributed by atoms with Gasteiger partial charge in [0, 0.05) is 16.5 Å².